The molecule has 280 valence electrons. The molecule has 0 saturated carbocycles. The van der Waals surface area contributed by atoms with Crippen LogP contribution in [-0.2, 0) is 5.41 Å². The molecule has 0 N–H and O–H groups in total. The topological polar surface area (TPSA) is 55.1 Å². The zero-order valence-electron chi connectivity index (χ0n) is 32.7. The lowest BCUT2D eigenvalue weighted by Crippen LogP contribution is -2.15. The van der Waals surface area contributed by atoms with E-state index in [2.05, 4.69) is 170 Å². The van der Waals surface area contributed by atoms with Gasteiger partial charge in [0.05, 0.1) is 5.69 Å². The van der Waals surface area contributed by atoms with Crippen LogP contribution < -0.4 is 4.90 Å². The van der Waals surface area contributed by atoms with Gasteiger partial charge in [0.1, 0.15) is 5.58 Å². The summed E-state index contributed by atoms with van der Waals surface area (Å²) in [6, 6.07) is 67.8. The molecule has 11 rings (SSSR count). The van der Waals surface area contributed by atoms with Crippen molar-refractivity contribution in [3.05, 3.63) is 205 Å². The highest BCUT2D eigenvalue weighted by Crippen LogP contribution is 2.49. The smallest absolute Gasteiger partial charge is 0.164 e. The van der Waals surface area contributed by atoms with Gasteiger partial charge in [0.15, 0.2) is 23.1 Å². The molecule has 0 spiro atoms. The summed E-state index contributed by atoms with van der Waals surface area (Å²) in [5.74, 6) is 1.84. The summed E-state index contributed by atoms with van der Waals surface area (Å²) < 4.78 is 6.88. The third-order valence-electron chi connectivity index (χ3n) is 11.7. The van der Waals surface area contributed by atoms with Gasteiger partial charge in [0, 0.05) is 44.3 Å². The Balaban J connectivity index is 1.03. The Hall–Kier alpha value is -7.63. The number of para-hydroxylation sites is 2. The molecule has 8 aromatic carbocycles. The Labute approximate surface area is 342 Å². The van der Waals surface area contributed by atoms with E-state index in [-0.39, 0.29) is 5.41 Å². The Morgan fingerprint density at radius 2 is 0.949 bits per heavy atom. The molecule has 10 aromatic rings. The maximum absolute atomic E-state index is 6.88. The van der Waals surface area contributed by atoms with Crippen LogP contribution in [0.3, 0.4) is 0 Å². The highest BCUT2D eigenvalue weighted by atomic mass is 16.3. The summed E-state index contributed by atoms with van der Waals surface area (Å²) in [4.78, 5) is 17.6. The first-order chi connectivity index (χ1) is 29.0. The van der Waals surface area contributed by atoms with E-state index >= 15 is 0 Å². The summed E-state index contributed by atoms with van der Waals surface area (Å²) >= 11 is 0. The van der Waals surface area contributed by atoms with E-state index in [4.69, 9.17) is 19.4 Å². The van der Waals surface area contributed by atoms with Gasteiger partial charge in [0.25, 0.3) is 0 Å². The van der Waals surface area contributed by atoms with Gasteiger partial charge in [-0.3, -0.25) is 0 Å². The Morgan fingerprint density at radius 1 is 0.407 bits per heavy atom. The van der Waals surface area contributed by atoms with E-state index in [9.17, 15) is 0 Å². The number of rotatable bonds is 7. The van der Waals surface area contributed by atoms with Crippen molar-refractivity contribution in [2.24, 2.45) is 0 Å². The van der Waals surface area contributed by atoms with Gasteiger partial charge in [0.2, 0.25) is 0 Å². The molecular weight excluding hydrogens is 721 g/mol. The number of aromatic nitrogens is 3. The van der Waals surface area contributed by atoms with E-state index in [1.165, 1.54) is 33.4 Å². The van der Waals surface area contributed by atoms with Gasteiger partial charge in [-0.1, -0.05) is 159 Å². The van der Waals surface area contributed by atoms with Crippen LogP contribution in [-0.4, -0.2) is 15.0 Å². The van der Waals surface area contributed by atoms with Crippen LogP contribution in [0.15, 0.2) is 199 Å². The third-order valence-corrected chi connectivity index (χ3v) is 11.7. The zero-order valence-corrected chi connectivity index (χ0v) is 32.7. The van der Waals surface area contributed by atoms with Crippen LogP contribution in [0, 0.1) is 0 Å². The summed E-state index contributed by atoms with van der Waals surface area (Å²) in [6.45, 7) is 4.59. The normalized spacial score (nSPS) is 12.7. The Bertz CT molecular complexity index is 3170. The molecule has 59 heavy (non-hydrogen) atoms. The number of hydrogen-bond donors (Lipinski definition) is 0. The molecule has 0 amide bonds. The fourth-order valence-electron chi connectivity index (χ4n) is 8.73. The first-order valence-corrected chi connectivity index (χ1v) is 20.0. The standard InChI is InChI=1S/C54H38N4O/c1-54(2)46-23-13-12-21-42(46)43-31-27-38(33-47(43)54)52-55-51(37-17-8-4-9-18-37)56-53(57-52)39-28-32-44-45-22-14-24-48(50(45)59-49(44)34-39)58(40-19-10-5-11-20-40)41-29-25-36(26-30-41)35-15-6-3-7-16-35/h3-34H,1-2H3. The summed E-state index contributed by atoms with van der Waals surface area (Å²) in [6.07, 6.45) is 0. The van der Waals surface area contributed by atoms with Crippen molar-refractivity contribution in [1.82, 2.24) is 15.0 Å². The Kier molecular flexibility index (Phi) is 8.09. The highest BCUT2D eigenvalue weighted by molar-refractivity contribution is 6.11. The first-order valence-electron chi connectivity index (χ1n) is 20.0. The van der Waals surface area contributed by atoms with Crippen LogP contribution in [0.5, 0.6) is 0 Å². The fraction of sp³-hybridized carbons (Fsp3) is 0.0556. The number of nitrogens with zero attached hydrogens (tertiary/aromatic N) is 4. The van der Waals surface area contributed by atoms with Crippen LogP contribution in [0.1, 0.15) is 25.0 Å². The molecule has 1 aliphatic carbocycles. The monoisotopic (exact) mass is 758 g/mol. The molecule has 5 heteroatoms. The molecular formula is C54H38N4O. The SMILES string of the molecule is CC1(C)c2ccccc2-c2ccc(-c3nc(-c4ccccc4)nc(-c4ccc5c(c4)oc4c(N(c6ccccc6)c6ccc(-c7ccccc7)cc6)cccc45)n3)cc21. The number of benzene rings is 8. The van der Waals surface area contributed by atoms with E-state index < -0.39 is 0 Å². The molecule has 0 saturated heterocycles. The Morgan fingerprint density at radius 3 is 1.68 bits per heavy atom. The van der Waals surface area contributed by atoms with Crippen molar-refractivity contribution >= 4 is 39.0 Å². The molecule has 2 heterocycles. The summed E-state index contributed by atoms with van der Waals surface area (Å²) in [7, 11) is 0. The lowest BCUT2D eigenvalue weighted by Gasteiger charge is -2.25. The predicted molar refractivity (Wildman–Crippen MR) is 241 cm³/mol. The van der Waals surface area contributed by atoms with Gasteiger partial charge in [-0.15, -0.1) is 0 Å². The van der Waals surface area contributed by atoms with E-state index in [1.54, 1.807) is 0 Å². The van der Waals surface area contributed by atoms with Gasteiger partial charge in [-0.25, -0.2) is 15.0 Å². The second-order valence-electron chi connectivity index (χ2n) is 15.7. The third kappa shape index (κ3) is 5.90. The van der Waals surface area contributed by atoms with Crippen LogP contribution in [0.4, 0.5) is 17.1 Å². The minimum absolute atomic E-state index is 0.146. The van der Waals surface area contributed by atoms with Gasteiger partial charge < -0.3 is 9.32 Å². The maximum Gasteiger partial charge on any atom is 0.164 e. The van der Waals surface area contributed by atoms with E-state index in [0.717, 1.165) is 55.7 Å². The van der Waals surface area contributed by atoms with Crippen molar-refractivity contribution in [3.63, 3.8) is 0 Å². The van der Waals surface area contributed by atoms with Gasteiger partial charge in [-0.2, -0.15) is 0 Å². The molecule has 5 nitrogen and oxygen atoms in total. The summed E-state index contributed by atoms with van der Waals surface area (Å²) in [5.41, 5.74) is 14.7. The van der Waals surface area contributed by atoms with Crippen molar-refractivity contribution < 1.29 is 4.42 Å². The fourth-order valence-corrected chi connectivity index (χ4v) is 8.73. The van der Waals surface area contributed by atoms with E-state index in [1.807, 2.05) is 42.5 Å². The molecule has 0 radical (unpaired) electrons. The number of hydrogen-bond acceptors (Lipinski definition) is 5. The minimum Gasteiger partial charge on any atom is -0.454 e. The summed E-state index contributed by atoms with van der Waals surface area (Å²) in [5, 5.41) is 2.06. The lowest BCUT2D eigenvalue weighted by atomic mass is 9.82. The predicted octanol–water partition coefficient (Wildman–Crippen LogP) is 14.2. The van der Waals surface area contributed by atoms with E-state index in [0.29, 0.717) is 17.5 Å². The number of anilines is 3. The van der Waals surface area contributed by atoms with Crippen LogP contribution >= 0.6 is 0 Å². The molecule has 0 bridgehead atoms. The molecule has 0 unspecified atom stereocenters. The molecule has 0 atom stereocenters. The number of fused-ring (bicyclic) bond motifs is 6. The molecule has 2 aromatic heterocycles. The molecule has 0 aliphatic heterocycles. The average molecular weight is 759 g/mol. The highest BCUT2D eigenvalue weighted by Gasteiger charge is 2.35. The average Bonchev–Trinajstić information content (AvgIpc) is 3.79. The lowest BCUT2D eigenvalue weighted by molar-refractivity contribution is 0.660. The van der Waals surface area contributed by atoms with Crippen molar-refractivity contribution in [3.8, 4) is 56.4 Å². The van der Waals surface area contributed by atoms with Crippen LogP contribution in [0.25, 0.3) is 78.4 Å². The van der Waals surface area contributed by atoms with Crippen molar-refractivity contribution in [2.45, 2.75) is 19.3 Å². The number of furan rings is 1. The maximum atomic E-state index is 6.88. The molecule has 0 fully saturated rings. The van der Waals surface area contributed by atoms with Gasteiger partial charge >= 0.3 is 0 Å². The van der Waals surface area contributed by atoms with Gasteiger partial charge in [-0.05, 0) is 81.9 Å². The second kappa shape index (κ2) is 13.8. The zero-order chi connectivity index (χ0) is 39.5. The van der Waals surface area contributed by atoms with Crippen molar-refractivity contribution in [1.29, 1.82) is 0 Å². The minimum atomic E-state index is -0.146. The molecule has 1 aliphatic rings. The largest absolute Gasteiger partial charge is 0.454 e. The first kappa shape index (κ1) is 34.6. The quantitative estimate of drug-likeness (QED) is 0.162. The van der Waals surface area contributed by atoms with Crippen molar-refractivity contribution in [2.75, 3.05) is 4.90 Å². The van der Waals surface area contributed by atoms with Crippen LogP contribution in [0.2, 0.25) is 0 Å². The second-order valence-corrected chi connectivity index (χ2v) is 15.7.